The second-order valence-electron chi connectivity index (χ2n) is 1.57. The Morgan fingerprint density at radius 3 is 1.85 bits per heavy atom. The van der Waals surface area contributed by atoms with Gasteiger partial charge < -0.3 is 4.74 Å². The molecule has 13 heavy (non-hydrogen) atoms. The maximum atomic E-state index is 11.9. The second kappa shape index (κ2) is 3.46. The summed E-state index contributed by atoms with van der Waals surface area (Å²) < 4.78 is 86.9. The monoisotopic (exact) mass is 228 g/mol. The van der Waals surface area contributed by atoms with Crippen LogP contribution in [0.25, 0.3) is 0 Å². The first-order chi connectivity index (χ1) is 5.58. The van der Waals surface area contributed by atoms with Crippen LogP contribution in [0.15, 0.2) is 12.1 Å². The van der Waals surface area contributed by atoms with Gasteiger partial charge in [-0.1, -0.05) is 0 Å². The lowest BCUT2D eigenvalue weighted by molar-refractivity contribution is -0.165. The quantitative estimate of drug-likeness (QED) is 0.451. The number of alkyl halides is 2. The molecule has 0 rings (SSSR count). The summed E-state index contributed by atoms with van der Waals surface area (Å²) >= 11 is 0. The number of hydrogen-bond donors (Lipinski definition) is 1. The van der Waals surface area contributed by atoms with Crippen LogP contribution in [0.4, 0.5) is 22.0 Å². The van der Waals surface area contributed by atoms with E-state index in [1.807, 2.05) is 0 Å². The topological polar surface area (TPSA) is 63.6 Å². The molecular weight excluding hydrogens is 227 g/mol. The van der Waals surface area contributed by atoms with Gasteiger partial charge in [0.15, 0.2) is 0 Å². The van der Waals surface area contributed by atoms with E-state index < -0.39 is 27.7 Å². The normalized spacial score (nSPS) is 12.5. The van der Waals surface area contributed by atoms with Crippen LogP contribution in [-0.2, 0) is 14.9 Å². The van der Waals surface area contributed by atoms with Gasteiger partial charge in [0.2, 0.25) is 0 Å². The van der Waals surface area contributed by atoms with Crippen molar-refractivity contribution < 1.29 is 39.7 Å². The Morgan fingerprint density at radius 1 is 1.23 bits per heavy atom. The fourth-order valence-electron chi connectivity index (χ4n) is 0.196. The van der Waals surface area contributed by atoms with E-state index in [9.17, 15) is 30.4 Å². The summed E-state index contributed by atoms with van der Waals surface area (Å²) in [5.74, 6) is 0. The lowest BCUT2D eigenvalue weighted by Gasteiger charge is -2.11. The maximum Gasteiger partial charge on any atom is 0.535 e. The fraction of sp³-hybridized carbons (Fsp3) is 0.333. The maximum absolute atomic E-state index is 11.9. The van der Waals surface area contributed by atoms with Gasteiger partial charge in [-0.3, -0.25) is 4.55 Å². The van der Waals surface area contributed by atoms with Gasteiger partial charge in [-0.25, -0.2) is 0 Å². The Balaban J connectivity index is 4.84. The SMILES string of the molecule is O=S(=O)(O)C(F)(F)OC(F)=C(F)F. The Labute approximate surface area is 68.3 Å². The van der Waals surface area contributed by atoms with Gasteiger partial charge in [0.05, 0.1) is 0 Å². The summed E-state index contributed by atoms with van der Waals surface area (Å²) in [6.07, 6.45) is -3.27. The van der Waals surface area contributed by atoms with Gasteiger partial charge in [-0.05, 0) is 0 Å². The van der Waals surface area contributed by atoms with Gasteiger partial charge in [-0.2, -0.15) is 21.6 Å². The molecule has 0 saturated carbocycles. The average molecular weight is 228 g/mol. The molecule has 0 radical (unpaired) electrons. The summed E-state index contributed by atoms with van der Waals surface area (Å²) in [7, 11) is -6.09. The highest BCUT2D eigenvalue weighted by Crippen LogP contribution is 2.27. The van der Waals surface area contributed by atoms with E-state index in [4.69, 9.17) is 4.55 Å². The van der Waals surface area contributed by atoms with Gasteiger partial charge in [0.25, 0.3) is 0 Å². The predicted molar refractivity (Wildman–Crippen MR) is 27.9 cm³/mol. The zero-order chi connectivity index (χ0) is 10.9. The van der Waals surface area contributed by atoms with E-state index in [-0.39, 0.29) is 0 Å². The lowest BCUT2D eigenvalue weighted by Crippen LogP contribution is -2.30. The summed E-state index contributed by atoms with van der Waals surface area (Å²) in [5.41, 5.74) is -5.44. The minimum Gasteiger partial charge on any atom is -0.388 e. The summed E-state index contributed by atoms with van der Waals surface area (Å²) in [4.78, 5) is 0. The van der Waals surface area contributed by atoms with Gasteiger partial charge >= 0.3 is 27.7 Å². The molecule has 0 aromatic rings. The van der Waals surface area contributed by atoms with Crippen molar-refractivity contribution >= 4 is 10.1 Å². The molecule has 4 nitrogen and oxygen atoms in total. The van der Waals surface area contributed by atoms with Crippen LogP contribution in [0, 0.1) is 0 Å². The highest BCUT2D eigenvalue weighted by atomic mass is 32.2. The first-order valence-corrected chi connectivity index (χ1v) is 3.76. The predicted octanol–water partition coefficient (Wildman–Crippen LogP) is 1.48. The highest BCUT2D eigenvalue weighted by molar-refractivity contribution is 7.86. The largest absolute Gasteiger partial charge is 0.535 e. The molecule has 1 N–H and O–H groups in total. The minimum atomic E-state index is -6.09. The van der Waals surface area contributed by atoms with E-state index in [1.165, 1.54) is 0 Å². The van der Waals surface area contributed by atoms with Gasteiger partial charge in [-0.15, -0.1) is 8.78 Å². The number of rotatable bonds is 3. The van der Waals surface area contributed by atoms with Crippen molar-refractivity contribution in [2.24, 2.45) is 0 Å². The Morgan fingerprint density at radius 2 is 1.62 bits per heavy atom. The van der Waals surface area contributed by atoms with E-state index in [2.05, 4.69) is 4.74 Å². The summed E-state index contributed by atoms with van der Waals surface area (Å²) in [5, 5.41) is 0. The van der Waals surface area contributed by atoms with Crippen LogP contribution in [0.3, 0.4) is 0 Å². The standard InChI is InChI=1S/C3HF5O4S/c4-1(5)2(6)12-3(7,8)13(9,10)11/h(H,9,10,11). The molecule has 0 saturated heterocycles. The van der Waals surface area contributed by atoms with Crippen molar-refractivity contribution in [1.29, 1.82) is 0 Å². The molecule has 0 aromatic carbocycles. The molecule has 0 atom stereocenters. The summed E-state index contributed by atoms with van der Waals surface area (Å²) in [6.45, 7) is 0. The zero-order valence-electron chi connectivity index (χ0n) is 5.47. The second-order valence-corrected chi connectivity index (χ2v) is 3.00. The van der Waals surface area contributed by atoms with Gasteiger partial charge in [0.1, 0.15) is 0 Å². The Hall–Kier alpha value is -0.900. The average Bonchev–Trinajstić information content (AvgIpc) is 1.83. The van der Waals surface area contributed by atoms with E-state index in [0.717, 1.165) is 0 Å². The number of hydrogen-bond acceptors (Lipinski definition) is 3. The van der Waals surface area contributed by atoms with E-state index in [1.54, 1.807) is 0 Å². The molecule has 78 valence electrons. The molecule has 0 spiro atoms. The van der Waals surface area contributed by atoms with Crippen LogP contribution in [-0.4, -0.2) is 18.4 Å². The zero-order valence-corrected chi connectivity index (χ0v) is 6.29. The van der Waals surface area contributed by atoms with Gasteiger partial charge in [0, 0.05) is 0 Å². The third kappa shape index (κ3) is 3.14. The highest BCUT2D eigenvalue weighted by Gasteiger charge is 2.49. The molecule has 0 fully saturated rings. The first-order valence-electron chi connectivity index (χ1n) is 2.32. The van der Waals surface area contributed by atoms with Crippen molar-refractivity contribution in [3.8, 4) is 0 Å². The number of ether oxygens (including phenoxy) is 1. The first kappa shape index (κ1) is 12.1. The molecule has 0 unspecified atom stereocenters. The van der Waals surface area contributed by atoms with Crippen molar-refractivity contribution in [1.82, 2.24) is 0 Å². The summed E-state index contributed by atoms with van der Waals surface area (Å²) in [6, 6.07) is -3.08. The number of halogens is 5. The fourth-order valence-corrected chi connectivity index (χ4v) is 0.374. The van der Waals surface area contributed by atoms with Crippen molar-refractivity contribution in [2.45, 2.75) is 5.44 Å². The van der Waals surface area contributed by atoms with Crippen LogP contribution < -0.4 is 0 Å². The van der Waals surface area contributed by atoms with Crippen LogP contribution in [0.2, 0.25) is 0 Å². The molecule has 0 bridgehead atoms. The van der Waals surface area contributed by atoms with Crippen molar-refractivity contribution in [3.63, 3.8) is 0 Å². The molecule has 0 aliphatic carbocycles. The minimum absolute atomic E-state index is 2.36. The van der Waals surface area contributed by atoms with Crippen molar-refractivity contribution in [2.75, 3.05) is 0 Å². The molecule has 0 aromatic heterocycles. The molecule has 0 amide bonds. The smallest absolute Gasteiger partial charge is 0.388 e. The third-order valence-corrected chi connectivity index (χ3v) is 1.34. The molecule has 10 heteroatoms. The van der Waals surface area contributed by atoms with Crippen molar-refractivity contribution in [3.05, 3.63) is 12.1 Å². The van der Waals surface area contributed by atoms with Crippen LogP contribution in [0.1, 0.15) is 0 Å². The van der Waals surface area contributed by atoms with E-state index >= 15 is 0 Å². The Kier molecular flexibility index (Phi) is 3.22. The molecule has 0 aliphatic rings. The Bertz CT molecular complexity index is 315. The molecule has 0 heterocycles. The van der Waals surface area contributed by atoms with Crippen LogP contribution >= 0.6 is 0 Å². The molecule has 0 aliphatic heterocycles. The third-order valence-electron chi connectivity index (χ3n) is 0.657. The lowest BCUT2D eigenvalue weighted by atomic mass is 11.0. The van der Waals surface area contributed by atoms with E-state index in [0.29, 0.717) is 0 Å². The molecular formula is C3HF5O4S. The van der Waals surface area contributed by atoms with Crippen LogP contribution in [0.5, 0.6) is 0 Å².